The summed E-state index contributed by atoms with van der Waals surface area (Å²) in [5.41, 5.74) is -2.32. The van der Waals surface area contributed by atoms with Crippen molar-refractivity contribution in [2.75, 3.05) is 18.0 Å². The lowest BCUT2D eigenvalue weighted by atomic mass is 10.0. The topological polar surface area (TPSA) is 123 Å². The number of rotatable bonds is 9. The summed E-state index contributed by atoms with van der Waals surface area (Å²) in [6.45, 7) is -0.539. The van der Waals surface area contributed by atoms with E-state index in [0.717, 1.165) is 18.3 Å². The van der Waals surface area contributed by atoms with Crippen molar-refractivity contribution in [1.29, 1.82) is 0 Å². The van der Waals surface area contributed by atoms with E-state index in [1.807, 2.05) is 0 Å². The third kappa shape index (κ3) is 6.70. The van der Waals surface area contributed by atoms with Crippen molar-refractivity contribution in [2.24, 2.45) is 0 Å². The first-order chi connectivity index (χ1) is 17.2. The molecule has 0 amide bonds. The minimum atomic E-state index is -4.86. The van der Waals surface area contributed by atoms with Gasteiger partial charge in [0.05, 0.1) is 36.8 Å². The second kappa shape index (κ2) is 11.2. The number of carboxylic acid groups (broad SMARTS) is 1. The molecule has 15 heteroatoms. The van der Waals surface area contributed by atoms with Gasteiger partial charge < -0.3 is 15.2 Å². The van der Waals surface area contributed by atoms with E-state index in [4.69, 9.17) is 39.5 Å². The van der Waals surface area contributed by atoms with E-state index in [-0.39, 0.29) is 27.0 Å². The molecule has 0 bridgehead atoms. The molecule has 0 spiro atoms. The van der Waals surface area contributed by atoms with Crippen LogP contribution in [0.2, 0.25) is 15.1 Å². The molecule has 3 rings (SSSR count). The van der Waals surface area contributed by atoms with Crippen LogP contribution in [0.25, 0.3) is 0 Å². The van der Waals surface area contributed by atoms with Crippen LogP contribution >= 0.6 is 34.8 Å². The molecule has 0 aliphatic heterocycles. The van der Waals surface area contributed by atoms with Crippen LogP contribution in [0.4, 0.5) is 18.9 Å². The number of ketones is 1. The molecule has 0 aliphatic rings. The van der Waals surface area contributed by atoms with Gasteiger partial charge in [-0.05, 0) is 36.4 Å². The Bertz CT molecular complexity index is 1480. The van der Waals surface area contributed by atoms with Crippen LogP contribution < -0.4 is 5.32 Å². The number of hydrogen-bond acceptors (Lipinski definition) is 7. The van der Waals surface area contributed by atoms with Crippen molar-refractivity contribution in [3.63, 3.8) is 0 Å². The highest BCUT2D eigenvalue weighted by Gasteiger charge is 2.34. The lowest BCUT2D eigenvalue weighted by Gasteiger charge is -2.14. The molecule has 0 unspecified atom stereocenters. The number of nitrogens with zero attached hydrogens (tertiary/aromatic N) is 1. The van der Waals surface area contributed by atoms with Gasteiger partial charge in [-0.15, -0.1) is 0 Å². The van der Waals surface area contributed by atoms with Crippen molar-refractivity contribution < 1.29 is 41.0 Å². The zero-order chi connectivity index (χ0) is 27.5. The van der Waals surface area contributed by atoms with Gasteiger partial charge in [0.25, 0.3) is 0 Å². The molecule has 0 aliphatic carbocycles. The second-order valence-corrected chi connectivity index (χ2v) is 10.4. The molecule has 196 valence electrons. The first kappa shape index (κ1) is 28.7. The van der Waals surface area contributed by atoms with E-state index < -0.39 is 61.5 Å². The smallest absolute Gasteiger partial charge is 0.417 e. The average molecular weight is 598 g/mol. The van der Waals surface area contributed by atoms with Crippen LogP contribution in [0.5, 0.6) is 0 Å². The number of halogens is 6. The molecule has 0 fully saturated rings. The number of alkyl halides is 3. The molecule has 0 atom stereocenters. The number of nitrogens with one attached hydrogen (secondary N) is 1. The highest BCUT2D eigenvalue weighted by atomic mass is 35.5. The Balaban J connectivity index is 1.78. The number of hydrogen-bond donors (Lipinski definition) is 2. The number of aromatic nitrogens is 1. The van der Waals surface area contributed by atoms with Gasteiger partial charge in [0.1, 0.15) is 12.4 Å². The Labute approximate surface area is 222 Å². The maximum atomic E-state index is 13.1. The standard InChI is InChI=1S/C22H14Cl3F3N2O6S/c23-11-6-17(19(29-8-11)20(31)13-2-1-3-16(25)18(13)21(32)33)30-9-36-10-37(34,35)12-4-5-15(24)14(7-12)22(26,27)28/h1-8,30H,9-10H2,(H,32,33). The molecule has 37 heavy (non-hydrogen) atoms. The summed E-state index contributed by atoms with van der Waals surface area (Å²) in [6, 6.07) is 7.29. The molecule has 3 aromatic rings. The van der Waals surface area contributed by atoms with Crippen molar-refractivity contribution in [2.45, 2.75) is 11.1 Å². The van der Waals surface area contributed by atoms with E-state index >= 15 is 0 Å². The molecule has 1 heterocycles. The lowest BCUT2D eigenvalue weighted by Crippen LogP contribution is -2.18. The number of pyridine rings is 1. The van der Waals surface area contributed by atoms with Crippen LogP contribution in [0.1, 0.15) is 32.0 Å². The fourth-order valence-electron chi connectivity index (χ4n) is 3.08. The minimum Gasteiger partial charge on any atom is -0.478 e. The van der Waals surface area contributed by atoms with Crippen molar-refractivity contribution in [3.05, 3.63) is 86.1 Å². The Morgan fingerprint density at radius 1 is 1.05 bits per heavy atom. The number of anilines is 1. The third-order valence-corrected chi connectivity index (χ3v) is 7.05. The number of aromatic carboxylic acids is 1. The fourth-order valence-corrected chi connectivity index (χ4v) is 4.73. The largest absolute Gasteiger partial charge is 0.478 e. The quantitative estimate of drug-likeness (QED) is 0.180. The Hall–Kier alpha value is -2.90. The monoisotopic (exact) mass is 596 g/mol. The summed E-state index contributed by atoms with van der Waals surface area (Å²) in [6.07, 6.45) is -3.73. The highest BCUT2D eigenvalue weighted by Crippen LogP contribution is 2.36. The van der Waals surface area contributed by atoms with E-state index in [9.17, 15) is 36.3 Å². The Morgan fingerprint density at radius 3 is 2.41 bits per heavy atom. The summed E-state index contributed by atoms with van der Waals surface area (Å²) in [5.74, 6) is -3.29. The molecule has 2 aromatic carbocycles. The number of benzene rings is 2. The fraction of sp³-hybridized carbons (Fsp3) is 0.136. The molecule has 1 aromatic heterocycles. The Morgan fingerprint density at radius 2 is 1.76 bits per heavy atom. The zero-order valence-corrected chi connectivity index (χ0v) is 21.2. The van der Waals surface area contributed by atoms with E-state index in [2.05, 4.69) is 10.3 Å². The number of ether oxygens (including phenoxy) is 1. The summed E-state index contributed by atoms with van der Waals surface area (Å²) < 4.78 is 69.2. The summed E-state index contributed by atoms with van der Waals surface area (Å²) >= 11 is 17.4. The Kier molecular flexibility index (Phi) is 8.70. The van der Waals surface area contributed by atoms with Crippen LogP contribution in [-0.4, -0.2) is 42.9 Å². The van der Waals surface area contributed by atoms with Gasteiger partial charge in [-0.1, -0.05) is 40.9 Å². The zero-order valence-electron chi connectivity index (χ0n) is 18.1. The van der Waals surface area contributed by atoms with Crippen LogP contribution in [-0.2, 0) is 20.8 Å². The normalized spacial score (nSPS) is 11.8. The van der Waals surface area contributed by atoms with Gasteiger partial charge >= 0.3 is 12.1 Å². The predicted molar refractivity (Wildman–Crippen MR) is 129 cm³/mol. The predicted octanol–water partition coefficient (Wildman–Crippen LogP) is 5.81. The SMILES string of the molecule is O=C(c1cccc(Cl)c1C(=O)O)c1ncc(Cl)cc1NCOCS(=O)(=O)c1ccc(Cl)c(C(F)(F)F)c1. The maximum absolute atomic E-state index is 13.1. The molecule has 0 radical (unpaired) electrons. The van der Waals surface area contributed by atoms with E-state index in [1.54, 1.807) is 0 Å². The number of carbonyl (C=O) groups is 2. The average Bonchev–Trinajstić information content (AvgIpc) is 2.80. The molecule has 2 N–H and O–H groups in total. The second-order valence-electron chi connectivity index (χ2n) is 7.24. The van der Waals surface area contributed by atoms with Crippen molar-refractivity contribution >= 4 is 62.1 Å². The molecular formula is C22H14Cl3F3N2O6S. The van der Waals surface area contributed by atoms with Crippen LogP contribution in [0.15, 0.2) is 53.6 Å². The van der Waals surface area contributed by atoms with Gasteiger partial charge in [-0.3, -0.25) is 4.79 Å². The third-order valence-electron chi connectivity index (χ3n) is 4.75. The first-order valence-electron chi connectivity index (χ1n) is 9.85. The first-order valence-corrected chi connectivity index (χ1v) is 12.6. The summed E-state index contributed by atoms with van der Waals surface area (Å²) in [5, 5.41) is 11.3. The lowest BCUT2D eigenvalue weighted by molar-refractivity contribution is -0.137. The van der Waals surface area contributed by atoms with E-state index in [1.165, 1.54) is 24.3 Å². The van der Waals surface area contributed by atoms with Crippen molar-refractivity contribution in [3.8, 4) is 0 Å². The van der Waals surface area contributed by atoms with Gasteiger partial charge in [0.15, 0.2) is 5.94 Å². The van der Waals surface area contributed by atoms with Crippen LogP contribution in [0.3, 0.4) is 0 Å². The van der Waals surface area contributed by atoms with Crippen LogP contribution in [0, 0.1) is 0 Å². The van der Waals surface area contributed by atoms with E-state index in [0.29, 0.717) is 6.07 Å². The number of carbonyl (C=O) groups excluding carboxylic acids is 1. The molecule has 0 saturated carbocycles. The highest BCUT2D eigenvalue weighted by molar-refractivity contribution is 7.91. The molecule has 0 saturated heterocycles. The maximum Gasteiger partial charge on any atom is 0.417 e. The number of carboxylic acids is 1. The van der Waals surface area contributed by atoms with Gasteiger partial charge in [0, 0.05) is 11.8 Å². The molecule has 8 nitrogen and oxygen atoms in total. The molecular weight excluding hydrogens is 584 g/mol. The van der Waals surface area contributed by atoms with Crippen molar-refractivity contribution in [1.82, 2.24) is 4.98 Å². The number of sulfone groups is 1. The minimum absolute atomic E-state index is 0.0305. The summed E-state index contributed by atoms with van der Waals surface area (Å²) in [7, 11) is -4.32. The summed E-state index contributed by atoms with van der Waals surface area (Å²) in [4.78, 5) is 27.9. The van der Waals surface area contributed by atoms with Gasteiger partial charge in [0.2, 0.25) is 15.6 Å². The van der Waals surface area contributed by atoms with Gasteiger partial charge in [-0.25, -0.2) is 18.2 Å². The van der Waals surface area contributed by atoms with Gasteiger partial charge in [-0.2, -0.15) is 13.2 Å².